The minimum atomic E-state index is 0.164. The third kappa shape index (κ3) is 3.41. The molecule has 5 nitrogen and oxygen atoms in total. The molecule has 0 aliphatic carbocycles. The van der Waals surface area contributed by atoms with Gasteiger partial charge in [0.2, 0.25) is 5.13 Å². The number of benzene rings is 1. The summed E-state index contributed by atoms with van der Waals surface area (Å²) >= 11 is 1.47. The molecule has 2 N–H and O–H groups in total. The summed E-state index contributed by atoms with van der Waals surface area (Å²) in [5.74, 6) is 0.790. The highest BCUT2D eigenvalue weighted by Crippen LogP contribution is 2.18. The zero-order valence-corrected chi connectivity index (χ0v) is 10.9. The SMILES string of the molecule is CNc1nnc(COc2ccc(CCO)cc2)s1. The standard InChI is InChI=1S/C12H15N3O2S/c1-13-12-15-14-11(18-12)8-17-10-4-2-9(3-5-10)6-7-16/h2-5,16H,6-8H2,1H3,(H,13,15). The quantitative estimate of drug-likeness (QED) is 0.832. The van der Waals surface area contributed by atoms with Crippen LogP contribution < -0.4 is 10.1 Å². The Morgan fingerprint density at radius 3 is 2.67 bits per heavy atom. The molecule has 2 aromatic rings. The van der Waals surface area contributed by atoms with Gasteiger partial charge in [0, 0.05) is 13.7 Å². The summed E-state index contributed by atoms with van der Waals surface area (Å²) in [6.07, 6.45) is 0.669. The fraction of sp³-hybridized carbons (Fsp3) is 0.333. The van der Waals surface area contributed by atoms with E-state index in [1.165, 1.54) is 11.3 Å². The van der Waals surface area contributed by atoms with E-state index in [1.807, 2.05) is 31.3 Å². The van der Waals surface area contributed by atoms with Crippen LogP contribution in [0.5, 0.6) is 5.75 Å². The van der Waals surface area contributed by atoms with Crippen LogP contribution in [0.25, 0.3) is 0 Å². The first kappa shape index (κ1) is 12.8. The van der Waals surface area contributed by atoms with Crippen LogP contribution in [0.1, 0.15) is 10.6 Å². The van der Waals surface area contributed by atoms with E-state index in [9.17, 15) is 0 Å². The first-order valence-electron chi connectivity index (χ1n) is 5.64. The third-order valence-corrected chi connectivity index (χ3v) is 3.28. The second-order valence-corrected chi connectivity index (χ2v) is 4.72. The molecule has 0 spiro atoms. The highest BCUT2D eigenvalue weighted by atomic mass is 32.1. The van der Waals surface area contributed by atoms with Gasteiger partial charge >= 0.3 is 0 Å². The minimum Gasteiger partial charge on any atom is -0.486 e. The van der Waals surface area contributed by atoms with Gasteiger partial charge < -0.3 is 15.2 Å². The number of hydrogen-bond donors (Lipinski definition) is 2. The molecule has 2 rings (SSSR count). The van der Waals surface area contributed by atoms with E-state index in [1.54, 1.807) is 0 Å². The molecule has 0 amide bonds. The van der Waals surface area contributed by atoms with Crippen LogP contribution in [-0.4, -0.2) is 29.0 Å². The Kier molecular flexibility index (Phi) is 4.49. The number of hydrogen-bond acceptors (Lipinski definition) is 6. The molecule has 0 atom stereocenters. The van der Waals surface area contributed by atoms with E-state index in [-0.39, 0.29) is 6.61 Å². The second kappa shape index (κ2) is 6.32. The molecule has 0 aliphatic rings. The zero-order valence-electron chi connectivity index (χ0n) is 10.1. The fourth-order valence-electron chi connectivity index (χ4n) is 1.44. The highest BCUT2D eigenvalue weighted by Gasteiger charge is 2.03. The van der Waals surface area contributed by atoms with Crippen molar-refractivity contribution in [3.63, 3.8) is 0 Å². The lowest BCUT2D eigenvalue weighted by Gasteiger charge is -2.04. The summed E-state index contributed by atoms with van der Waals surface area (Å²) in [6, 6.07) is 7.69. The average molecular weight is 265 g/mol. The lowest BCUT2D eigenvalue weighted by atomic mass is 10.1. The fourth-order valence-corrected chi connectivity index (χ4v) is 2.05. The Labute approximate surface area is 109 Å². The topological polar surface area (TPSA) is 67.3 Å². The first-order valence-corrected chi connectivity index (χ1v) is 6.46. The number of aliphatic hydroxyl groups excluding tert-OH is 1. The van der Waals surface area contributed by atoms with Gasteiger partial charge in [0.15, 0.2) is 5.01 Å². The molecule has 0 bridgehead atoms. The normalized spacial score (nSPS) is 10.3. The lowest BCUT2D eigenvalue weighted by molar-refractivity contribution is 0.298. The Balaban J connectivity index is 1.89. The van der Waals surface area contributed by atoms with Crippen LogP contribution in [-0.2, 0) is 13.0 Å². The maximum atomic E-state index is 8.82. The molecular formula is C12H15N3O2S. The molecular weight excluding hydrogens is 250 g/mol. The van der Waals surface area contributed by atoms with Crippen LogP contribution in [0.4, 0.5) is 5.13 Å². The van der Waals surface area contributed by atoms with Gasteiger partial charge in [-0.1, -0.05) is 23.5 Å². The molecule has 1 aromatic carbocycles. The van der Waals surface area contributed by atoms with Crippen molar-refractivity contribution < 1.29 is 9.84 Å². The van der Waals surface area contributed by atoms with Gasteiger partial charge in [0.25, 0.3) is 0 Å². The number of aromatic nitrogens is 2. The number of nitrogens with zero attached hydrogens (tertiary/aromatic N) is 2. The Hall–Kier alpha value is -1.66. The van der Waals surface area contributed by atoms with Crippen molar-refractivity contribution in [2.24, 2.45) is 0 Å². The van der Waals surface area contributed by atoms with Gasteiger partial charge in [-0.25, -0.2) is 0 Å². The number of nitrogens with one attached hydrogen (secondary N) is 1. The zero-order chi connectivity index (χ0) is 12.8. The van der Waals surface area contributed by atoms with E-state index >= 15 is 0 Å². The van der Waals surface area contributed by atoms with Gasteiger partial charge in [-0.2, -0.15) is 0 Å². The summed E-state index contributed by atoms with van der Waals surface area (Å²) in [5, 5.41) is 21.3. The van der Waals surface area contributed by atoms with Crippen molar-refractivity contribution in [2.45, 2.75) is 13.0 Å². The van der Waals surface area contributed by atoms with Crippen LogP contribution in [0, 0.1) is 0 Å². The van der Waals surface area contributed by atoms with Crippen molar-refractivity contribution in [1.82, 2.24) is 10.2 Å². The van der Waals surface area contributed by atoms with Crippen molar-refractivity contribution in [1.29, 1.82) is 0 Å². The van der Waals surface area contributed by atoms with E-state index in [4.69, 9.17) is 9.84 Å². The molecule has 0 saturated heterocycles. The first-order chi connectivity index (χ1) is 8.81. The molecule has 0 aliphatic heterocycles. The molecule has 0 fully saturated rings. The molecule has 0 radical (unpaired) electrons. The second-order valence-electron chi connectivity index (χ2n) is 3.66. The van der Waals surface area contributed by atoms with Gasteiger partial charge in [0.05, 0.1) is 0 Å². The summed E-state index contributed by atoms with van der Waals surface area (Å²) in [5.41, 5.74) is 1.10. The molecule has 18 heavy (non-hydrogen) atoms. The van der Waals surface area contributed by atoms with E-state index in [0.717, 1.165) is 21.5 Å². The van der Waals surface area contributed by atoms with E-state index < -0.39 is 0 Å². The number of ether oxygens (including phenoxy) is 1. The Bertz CT molecular complexity index is 484. The van der Waals surface area contributed by atoms with Gasteiger partial charge in [-0.3, -0.25) is 0 Å². The number of rotatable bonds is 6. The molecule has 1 aromatic heterocycles. The highest BCUT2D eigenvalue weighted by molar-refractivity contribution is 7.15. The summed E-state index contributed by atoms with van der Waals surface area (Å²) in [6.45, 7) is 0.580. The third-order valence-electron chi connectivity index (χ3n) is 2.37. The summed E-state index contributed by atoms with van der Waals surface area (Å²) in [7, 11) is 1.81. The predicted molar refractivity (Wildman–Crippen MR) is 71.0 cm³/mol. The summed E-state index contributed by atoms with van der Waals surface area (Å²) in [4.78, 5) is 0. The van der Waals surface area contributed by atoms with Gasteiger partial charge in [-0.05, 0) is 24.1 Å². The van der Waals surface area contributed by atoms with Gasteiger partial charge in [-0.15, -0.1) is 10.2 Å². The lowest BCUT2D eigenvalue weighted by Crippen LogP contribution is -1.95. The van der Waals surface area contributed by atoms with Crippen molar-refractivity contribution in [3.05, 3.63) is 34.8 Å². The maximum Gasteiger partial charge on any atom is 0.205 e. The van der Waals surface area contributed by atoms with Crippen molar-refractivity contribution in [2.75, 3.05) is 19.0 Å². The maximum absolute atomic E-state index is 8.82. The molecule has 6 heteroatoms. The number of aliphatic hydroxyl groups is 1. The van der Waals surface area contributed by atoms with Crippen LogP contribution in [0.2, 0.25) is 0 Å². The molecule has 0 saturated carbocycles. The van der Waals surface area contributed by atoms with Crippen LogP contribution in [0.3, 0.4) is 0 Å². The molecule has 0 unspecified atom stereocenters. The molecule has 1 heterocycles. The van der Waals surface area contributed by atoms with Crippen molar-refractivity contribution in [3.8, 4) is 5.75 Å². The average Bonchev–Trinajstić information content (AvgIpc) is 2.86. The van der Waals surface area contributed by atoms with Crippen LogP contribution >= 0.6 is 11.3 Å². The number of anilines is 1. The van der Waals surface area contributed by atoms with Gasteiger partial charge in [0.1, 0.15) is 12.4 Å². The minimum absolute atomic E-state index is 0.164. The smallest absolute Gasteiger partial charge is 0.205 e. The largest absolute Gasteiger partial charge is 0.486 e. The Morgan fingerprint density at radius 2 is 2.06 bits per heavy atom. The monoisotopic (exact) mass is 265 g/mol. The summed E-state index contributed by atoms with van der Waals surface area (Å²) < 4.78 is 5.60. The molecule has 96 valence electrons. The van der Waals surface area contributed by atoms with E-state index in [2.05, 4.69) is 15.5 Å². The van der Waals surface area contributed by atoms with Crippen LogP contribution in [0.15, 0.2) is 24.3 Å². The van der Waals surface area contributed by atoms with Crippen molar-refractivity contribution >= 4 is 16.5 Å². The Morgan fingerprint density at radius 1 is 1.28 bits per heavy atom. The van der Waals surface area contributed by atoms with E-state index in [0.29, 0.717) is 13.0 Å². The predicted octanol–water partition coefficient (Wildman–Crippen LogP) is 1.69.